The van der Waals surface area contributed by atoms with E-state index < -0.39 is 0 Å². The van der Waals surface area contributed by atoms with Gasteiger partial charge in [0, 0.05) is 30.9 Å². The van der Waals surface area contributed by atoms with E-state index in [2.05, 4.69) is 15.3 Å². The lowest BCUT2D eigenvalue weighted by molar-refractivity contribution is -0.122. The van der Waals surface area contributed by atoms with Gasteiger partial charge in [0.05, 0.1) is 19.3 Å². The van der Waals surface area contributed by atoms with Crippen molar-refractivity contribution in [3.8, 4) is 5.75 Å². The fourth-order valence-electron chi connectivity index (χ4n) is 3.16. The first-order valence-electron chi connectivity index (χ1n) is 8.49. The summed E-state index contributed by atoms with van der Waals surface area (Å²) in [7, 11) is 1.90. The van der Waals surface area contributed by atoms with Crippen molar-refractivity contribution in [2.45, 2.75) is 18.9 Å². The maximum Gasteiger partial charge on any atom is 0.234 e. The molecule has 3 rings (SSSR count). The minimum absolute atomic E-state index is 0.0290. The van der Waals surface area contributed by atoms with Gasteiger partial charge in [-0.3, -0.25) is 14.4 Å². The van der Waals surface area contributed by atoms with Crippen LogP contribution in [0.25, 0.3) is 0 Å². The average Bonchev–Trinajstić information content (AvgIpc) is 3.20. The Morgan fingerprint density at radius 2 is 2.36 bits per heavy atom. The highest BCUT2D eigenvalue weighted by atomic mass is 19.1. The Kier molecular flexibility index (Phi) is 5.65. The second-order valence-electron chi connectivity index (χ2n) is 6.23. The Morgan fingerprint density at radius 3 is 3.12 bits per heavy atom. The predicted octanol–water partition coefficient (Wildman–Crippen LogP) is 1.89. The highest BCUT2D eigenvalue weighted by Gasteiger charge is 2.28. The molecule has 0 radical (unpaired) electrons. The van der Waals surface area contributed by atoms with E-state index in [-0.39, 0.29) is 17.8 Å². The van der Waals surface area contributed by atoms with Crippen LogP contribution in [0.4, 0.5) is 4.39 Å². The average molecular weight is 346 g/mol. The van der Waals surface area contributed by atoms with Crippen molar-refractivity contribution < 1.29 is 13.9 Å². The smallest absolute Gasteiger partial charge is 0.234 e. The Balaban J connectivity index is 1.41. The molecule has 1 N–H and O–H groups in total. The van der Waals surface area contributed by atoms with E-state index in [1.54, 1.807) is 16.8 Å². The summed E-state index contributed by atoms with van der Waals surface area (Å²) in [6.07, 6.45) is 6.00. The number of rotatable bonds is 7. The molecule has 2 heterocycles. The van der Waals surface area contributed by atoms with Crippen LogP contribution in [0.5, 0.6) is 5.75 Å². The number of nitrogens with zero attached hydrogens (tertiary/aromatic N) is 3. The van der Waals surface area contributed by atoms with Crippen LogP contribution in [0.3, 0.4) is 0 Å². The third kappa shape index (κ3) is 4.79. The maximum atomic E-state index is 13.0. The fraction of sp³-hybridized carbons (Fsp3) is 0.444. The Labute approximate surface area is 146 Å². The molecule has 1 amide bonds. The second-order valence-corrected chi connectivity index (χ2v) is 6.23. The molecule has 134 valence electrons. The molecule has 0 unspecified atom stereocenters. The number of aryl methyl sites for hydroxylation is 1. The van der Waals surface area contributed by atoms with Crippen molar-refractivity contribution in [3.63, 3.8) is 0 Å². The molecule has 1 aromatic carbocycles. The van der Waals surface area contributed by atoms with Gasteiger partial charge in [-0.2, -0.15) is 5.10 Å². The van der Waals surface area contributed by atoms with Gasteiger partial charge in [0.2, 0.25) is 5.91 Å². The number of likely N-dealkylation sites (tertiary alicyclic amines) is 1. The number of ether oxygens (including phenoxy) is 1. The van der Waals surface area contributed by atoms with Crippen LogP contribution in [0, 0.1) is 5.82 Å². The monoisotopic (exact) mass is 346 g/mol. The molecule has 2 aromatic rings. The van der Waals surface area contributed by atoms with Gasteiger partial charge in [-0.1, -0.05) is 6.07 Å². The number of aromatic nitrogens is 2. The minimum Gasteiger partial charge on any atom is -0.492 e. The molecule has 1 aliphatic rings. The van der Waals surface area contributed by atoms with Crippen LogP contribution in [-0.2, 0) is 11.8 Å². The first kappa shape index (κ1) is 17.4. The van der Waals surface area contributed by atoms with E-state index in [0.717, 1.165) is 24.9 Å². The summed E-state index contributed by atoms with van der Waals surface area (Å²) in [5.74, 6) is 0.0982. The summed E-state index contributed by atoms with van der Waals surface area (Å²) in [6, 6.07) is 6.22. The molecule has 6 nitrogen and oxygen atoms in total. The Hall–Kier alpha value is -2.41. The van der Waals surface area contributed by atoms with Crippen LogP contribution in [0.1, 0.15) is 24.4 Å². The van der Waals surface area contributed by atoms with Crippen LogP contribution in [-0.4, -0.2) is 46.8 Å². The summed E-state index contributed by atoms with van der Waals surface area (Å²) in [5.41, 5.74) is 1.15. The number of nitrogens with one attached hydrogen (secondary N) is 1. The summed E-state index contributed by atoms with van der Waals surface area (Å²) in [4.78, 5) is 14.3. The normalized spacial score (nSPS) is 17.6. The van der Waals surface area contributed by atoms with E-state index in [0.29, 0.717) is 25.4 Å². The summed E-state index contributed by atoms with van der Waals surface area (Å²) in [5, 5.41) is 7.07. The van der Waals surface area contributed by atoms with Crippen molar-refractivity contribution in [2.24, 2.45) is 7.05 Å². The number of benzene rings is 1. The van der Waals surface area contributed by atoms with E-state index in [1.807, 2.05) is 19.4 Å². The van der Waals surface area contributed by atoms with Gasteiger partial charge >= 0.3 is 0 Å². The molecule has 1 saturated heterocycles. The molecule has 1 aliphatic heterocycles. The van der Waals surface area contributed by atoms with Crippen molar-refractivity contribution in [3.05, 3.63) is 48.0 Å². The molecule has 25 heavy (non-hydrogen) atoms. The molecule has 7 heteroatoms. The highest BCUT2D eigenvalue weighted by molar-refractivity contribution is 5.78. The summed E-state index contributed by atoms with van der Waals surface area (Å²) < 4.78 is 20.3. The van der Waals surface area contributed by atoms with Crippen LogP contribution in [0.2, 0.25) is 0 Å². The number of carbonyl (C=O) groups is 1. The first-order valence-corrected chi connectivity index (χ1v) is 8.49. The number of amides is 1. The number of carbonyl (C=O) groups excluding carboxylic acids is 1. The standard InChI is InChI=1S/C18H23FN4O2/c1-22-12-14(11-21-22)17-6-3-8-23(17)13-18(24)20-7-9-25-16-5-2-4-15(19)10-16/h2,4-5,10-12,17H,3,6-9,13H2,1H3,(H,20,24)/t17-/m1/s1. The lowest BCUT2D eigenvalue weighted by Crippen LogP contribution is -2.38. The molecule has 0 spiro atoms. The van der Waals surface area contributed by atoms with Crippen molar-refractivity contribution in [1.82, 2.24) is 20.0 Å². The van der Waals surface area contributed by atoms with Gasteiger partial charge in [0.25, 0.3) is 0 Å². The number of halogens is 1. The second kappa shape index (κ2) is 8.11. The molecule has 0 bridgehead atoms. The zero-order chi connectivity index (χ0) is 17.6. The van der Waals surface area contributed by atoms with E-state index in [4.69, 9.17) is 4.74 Å². The number of hydrogen-bond acceptors (Lipinski definition) is 4. The zero-order valence-corrected chi connectivity index (χ0v) is 14.3. The highest BCUT2D eigenvalue weighted by Crippen LogP contribution is 2.30. The maximum absolute atomic E-state index is 13.0. The Bertz CT molecular complexity index is 719. The molecule has 0 saturated carbocycles. The quantitative estimate of drug-likeness (QED) is 0.778. The van der Waals surface area contributed by atoms with Gasteiger partial charge in [-0.05, 0) is 31.5 Å². The SMILES string of the molecule is Cn1cc([C@H]2CCCN2CC(=O)NCCOc2cccc(F)c2)cn1. The van der Waals surface area contributed by atoms with Gasteiger partial charge in [-0.25, -0.2) is 4.39 Å². The topological polar surface area (TPSA) is 59.4 Å². The molecule has 1 atom stereocenters. The van der Waals surface area contributed by atoms with Crippen molar-refractivity contribution in [1.29, 1.82) is 0 Å². The fourth-order valence-corrected chi connectivity index (χ4v) is 3.16. The van der Waals surface area contributed by atoms with Gasteiger partial charge in [0.1, 0.15) is 18.2 Å². The third-order valence-electron chi connectivity index (χ3n) is 4.31. The van der Waals surface area contributed by atoms with Gasteiger partial charge in [-0.15, -0.1) is 0 Å². The van der Waals surface area contributed by atoms with Crippen molar-refractivity contribution >= 4 is 5.91 Å². The third-order valence-corrected chi connectivity index (χ3v) is 4.31. The lowest BCUT2D eigenvalue weighted by Gasteiger charge is -2.22. The molecule has 1 fully saturated rings. The number of hydrogen-bond donors (Lipinski definition) is 1. The molecule has 1 aromatic heterocycles. The van der Waals surface area contributed by atoms with Gasteiger partial charge in [0.15, 0.2) is 0 Å². The van der Waals surface area contributed by atoms with Crippen molar-refractivity contribution in [2.75, 3.05) is 26.2 Å². The molecule has 0 aliphatic carbocycles. The van der Waals surface area contributed by atoms with Crippen LogP contribution in [0.15, 0.2) is 36.7 Å². The van der Waals surface area contributed by atoms with E-state index >= 15 is 0 Å². The van der Waals surface area contributed by atoms with Gasteiger partial charge < -0.3 is 10.1 Å². The molecular formula is C18H23FN4O2. The minimum atomic E-state index is -0.336. The summed E-state index contributed by atoms with van der Waals surface area (Å²) >= 11 is 0. The molecular weight excluding hydrogens is 323 g/mol. The predicted molar refractivity (Wildman–Crippen MR) is 91.7 cm³/mol. The van der Waals surface area contributed by atoms with E-state index in [1.165, 1.54) is 12.1 Å². The largest absolute Gasteiger partial charge is 0.492 e. The Morgan fingerprint density at radius 1 is 1.48 bits per heavy atom. The van der Waals surface area contributed by atoms with Crippen LogP contribution < -0.4 is 10.1 Å². The van der Waals surface area contributed by atoms with E-state index in [9.17, 15) is 9.18 Å². The summed E-state index contributed by atoms with van der Waals surface area (Å²) in [6.45, 7) is 1.97. The zero-order valence-electron chi connectivity index (χ0n) is 14.3. The first-order chi connectivity index (χ1) is 12.1. The lowest BCUT2D eigenvalue weighted by atomic mass is 10.1. The van der Waals surface area contributed by atoms with Crippen LogP contribution >= 0.6 is 0 Å².